The number of guanidine groups is 1. The Kier molecular flexibility index (Phi) is 6.00. The summed E-state index contributed by atoms with van der Waals surface area (Å²) in [6, 6.07) is 4.04. The number of aromatic nitrogens is 1. The lowest BCUT2D eigenvalue weighted by Crippen LogP contribution is -2.45. The van der Waals surface area contributed by atoms with Gasteiger partial charge in [-0.05, 0) is 19.0 Å². The van der Waals surface area contributed by atoms with Gasteiger partial charge in [0.05, 0.1) is 6.54 Å². The van der Waals surface area contributed by atoms with Crippen molar-refractivity contribution < 1.29 is 0 Å². The van der Waals surface area contributed by atoms with Crippen LogP contribution in [0.25, 0.3) is 0 Å². The lowest BCUT2D eigenvalue weighted by atomic mass is 10.2. The van der Waals surface area contributed by atoms with Crippen molar-refractivity contribution in [3.63, 3.8) is 0 Å². The predicted octanol–water partition coefficient (Wildman–Crippen LogP) is 0.894. The minimum absolute atomic E-state index is 0.502. The van der Waals surface area contributed by atoms with Crippen LogP contribution in [-0.2, 0) is 6.54 Å². The van der Waals surface area contributed by atoms with Gasteiger partial charge in [0.2, 0.25) is 0 Å². The Bertz CT molecular complexity index is 491. The number of hydrogen-bond donors (Lipinski definition) is 2. The third kappa shape index (κ3) is 4.87. The van der Waals surface area contributed by atoms with Gasteiger partial charge in [0.25, 0.3) is 0 Å². The van der Waals surface area contributed by atoms with Gasteiger partial charge in [-0.15, -0.1) is 0 Å². The Morgan fingerprint density at radius 2 is 2.09 bits per heavy atom. The van der Waals surface area contributed by atoms with Crippen molar-refractivity contribution in [2.75, 3.05) is 44.7 Å². The second-order valence-corrected chi connectivity index (χ2v) is 6.25. The van der Waals surface area contributed by atoms with Crippen molar-refractivity contribution >= 4 is 11.8 Å². The lowest BCUT2D eigenvalue weighted by molar-refractivity contribution is 0.312. The van der Waals surface area contributed by atoms with Crippen molar-refractivity contribution in [2.24, 2.45) is 16.6 Å². The molecule has 1 aromatic rings. The summed E-state index contributed by atoms with van der Waals surface area (Å²) in [6.45, 7) is 9.84. The topological polar surface area (TPSA) is 69.8 Å². The highest BCUT2D eigenvalue weighted by Crippen LogP contribution is 2.19. The van der Waals surface area contributed by atoms with Gasteiger partial charge in [0.1, 0.15) is 5.82 Å². The molecule has 0 radical (unpaired) electrons. The van der Waals surface area contributed by atoms with Crippen LogP contribution in [-0.4, -0.2) is 55.6 Å². The molecular formula is C16H28N6. The smallest absolute Gasteiger partial charge is 0.188 e. The second kappa shape index (κ2) is 7.98. The van der Waals surface area contributed by atoms with Crippen molar-refractivity contribution in [1.29, 1.82) is 0 Å². The highest BCUT2D eigenvalue weighted by Gasteiger charge is 2.17. The summed E-state index contributed by atoms with van der Waals surface area (Å²) in [6.07, 6.45) is 1.85. The molecule has 1 fully saturated rings. The van der Waals surface area contributed by atoms with E-state index in [4.69, 9.17) is 5.73 Å². The average molecular weight is 304 g/mol. The second-order valence-electron chi connectivity index (χ2n) is 6.25. The molecule has 2 heterocycles. The largest absolute Gasteiger partial charge is 0.370 e. The van der Waals surface area contributed by atoms with Crippen LogP contribution in [0.1, 0.15) is 19.4 Å². The Labute approximate surface area is 133 Å². The molecule has 0 aromatic carbocycles. The molecule has 0 unspecified atom stereocenters. The number of nitrogens with two attached hydrogens (primary N) is 1. The fourth-order valence-electron chi connectivity index (χ4n) is 2.39. The van der Waals surface area contributed by atoms with E-state index in [1.165, 1.54) is 0 Å². The molecule has 22 heavy (non-hydrogen) atoms. The number of rotatable bonds is 5. The van der Waals surface area contributed by atoms with E-state index in [1.807, 2.05) is 12.3 Å². The summed E-state index contributed by atoms with van der Waals surface area (Å²) in [5.41, 5.74) is 7.04. The van der Waals surface area contributed by atoms with Crippen molar-refractivity contribution in [1.82, 2.24) is 15.2 Å². The molecule has 1 aliphatic heterocycles. The van der Waals surface area contributed by atoms with Gasteiger partial charge in [-0.1, -0.05) is 19.9 Å². The van der Waals surface area contributed by atoms with Crippen molar-refractivity contribution in [2.45, 2.75) is 20.4 Å². The highest BCUT2D eigenvalue weighted by atomic mass is 15.3. The molecule has 6 nitrogen and oxygen atoms in total. The number of aliphatic imine (C=N–C) groups is 1. The predicted molar refractivity (Wildman–Crippen MR) is 92.1 cm³/mol. The standard InChI is InChI=1S/C16H28N6/c1-13(2)11-19-16(17)20-12-14-5-4-6-18-15(14)22-9-7-21(3)8-10-22/h4-6,13H,7-12H2,1-3H3,(H3,17,19,20). The van der Waals surface area contributed by atoms with Gasteiger partial charge in [-0.25, -0.2) is 9.98 Å². The van der Waals surface area contributed by atoms with E-state index in [0.29, 0.717) is 18.4 Å². The molecule has 0 amide bonds. The summed E-state index contributed by atoms with van der Waals surface area (Å²) < 4.78 is 0. The number of nitrogens with zero attached hydrogens (tertiary/aromatic N) is 4. The molecule has 2 rings (SSSR count). The normalized spacial score (nSPS) is 17.1. The van der Waals surface area contributed by atoms with Gasteiger partial charge in [-0.2, -0.15) is 0 Å². The molecule has 0 aliphatic carbocycles. The Morgan fingerprint density at radius 1 is 1.36 bits per heavy atom. The van der Waals surface area contributed by atoms with E-state index in [0.717, 1.165) is 44.1 Å². The quantitative estimate of drug-likeness (QED) is 0.625. The lowest BCUT2D eigenvalue weighted by Gasteiger charge is -2.34. The van der Waals surface area contributed by atoms with Crippen LogP contribution < -0.4 is 16.0 Å². The van der Waals surface area contributed by atoms with E-state index >= 15 is 0 Å². The number of likely N-dealkylation sites (N-methyl/N-ethyl adjacent to an activating group) is 1. The van der Waals surface area contributed by atoms with Crippen LogP contribution >= 0.6 is 0 Å². The van der Waals surface area contributed by atoms with E-state index in [1.54, 1.807) is 0 Å². The van der Waals surface area contributed by atoms with Gasteiger partial charge in [0, 0.05) is 44.5 Å². The van der Waals surface area contributed by atoms with Crippen LogP contribution in [0.2, 0.25) is 0 Å². The summed E-state index contributed by atoms with van der Waals surface area (Å²) >= 11 is 0. The van der Waals surface area contributed by atoms with E-state index in [-0.39, 0.29) is 0 Å². The Morgan fingerprint density at radius 3 is 2.77 bits per heavy atom. The molecule has 0 saturated carbocycles. The fourth-order valence-corrected chi connectivity index (χ4v) is 2.39. The maximum absolute atomic E-state index is 5.91. The first-order valence-electron chi connectivity index (χ1n) is 7.97. The third-order valence-corrected chi connectivity index (χ3v) is 3.78. The maximum Gasteiger partial charge on any atom is 0.188 e. The van der Waals surface area contributed by atoms with Crippen molar-refractivity contribution in [3.8, 4) is 0 Å². The highest BCUT2D eigenvalue weighted by molar-refractivity contribution is 5.77. The zero-order valence-electron chi connectivity index (χ0n) is 13.9. The monoisotopic (exact) mass is 304 g/mol. The first-order chi connectivity index (χ1) is 10.6. The van der Waals surface area contributed by atoms with Crippen LogP contribution in [0, 0.1) is 5.92 Å². The first-order valence-corrected chi connectivity index (χ1v) is 7.97. The molecule has 0 bridgehead atoms. The SMILES string of the molecule is CC(C)CNC(N)=NCc1cccnc1N1CCN(C)CC1. The number of anilines is 1. The summed E-state index contributed by atoms with van der Waals surface area (Å²) in [5, 5.41) is 3.14. The fraction of sp³-hybridized carbons (Fsp3) is 0.625. The van der Waals surface area contributed by atoms with Crippen LogP contribution in [0.15, 0.2) is 23.3 Å². The number of piperazine rings is 1. The summed E-state index contributed by atoms with van der Waals surface area (Å²) in [4.78, 5) is 13.7. The average Bonchev–Trinajstić information content (AvgIpc) is 2.52. The molecule has 3 N–H and O–H groups in total. The minimum atomic E-state index is 0.502. The number of nitrogens with one attached hydrogen (secondary N) is 1. The molecule has 1 aliphatic rings. The molecule has 6 heteroatoms. The zero-order valence-corrected chi connectivity index (χ0v) is 13.9. The Balaban J connectivity index is 2.00. The molecule has 1 saturated heterocycles. The van der Waals surface area contributed by atoms with Gasteiger partial charge < -0.3 is 20.9 Å². The molecular weight excluding hydrogens is 276 g/mol. The van der Waals surface area contributed by atoms with E-state index < -0.39 is 0 Å². The summed E-state index contributed by atoms with van der Waals surface area (Å²) in [5.74, 6) is 2.09. The number of pyridine rings is 1. The molecule has 0 atom stereocenters. The minimum Gasteiger partial charge on any atom is -0.370 e. The van der Waals surface area contributed by atoms with E-state index in [9.17, 15) is 0 Å². The zero-order chi connectivity index (χ0) is 15.9. The van der Waals surface area contributed by atoms with Crippen LogP contribution in [0.5, 0.6) is 0 Å². The Hall–Kier alpha value is -1.82. The maximum atomic E-state index is 5.91. The molecule has 1 aromatic heterocycles. The van der Waals surface area contributed by atoms with Crippen molar-refractivity contribution in [3.05, 3.63) is 23.9 Å². The van der Waals surface area contributed by atoms with Crippen LogP contribution in [0.4, 0.5) is 5.82 Å². The molecule has 122 valence electrons. The van der Waals surface area contributed by atoms with E-state index in [2.05, 4.69) is 52.1 Å². The van der Waals surface area contributed by atoms with Crippen LogP contribution in [0.3, 0.4) is 0 Å². The first kappa shape index (κ1) is 16.5. The van der Waals surface area contributed by atoms with Gasteiger partial charge in [-0.3, -0.25) is 0 Å². The molecule has 0 spiro atoms. The number of hydrogen-bond acceptors (Lipinski definition) is 4. The van der Waals surface area contributed by atoms with Gasteiger partial charge >= 0.3 is 0 Å². The van der Waals surface area contributed by atoms with Gasteiger partial charge in [0.15, 0.2) is 5.96 Å². The third-order valence-electron chi connectivity index (χ3n) is 3.78. The summed E-state index contributed by atoms with van der Waals surface area (Å²) in [7, 11) is 2.15.